The first-order chi connectivity index (χ1) is 7.04. The van der Waals surface area contributed by atoms with E-state index in [1.54, 1.807) is 0 Å². The van der Waals surface area contributed by atoms with Crippen LogP contribution in [0.4, 0.5) is 10.1 Å². The van der Waals surface area contributed by atoms with E-state index in [0.29, 0.717) is 4.47 Å². The number of halogens is 4. The van der Waals surface area contributed by atoms with Crippen LogP contribution in [-0.2, 0) is 10.4 Å². The Kier molecular flexibility index (Phi) is 5.94. The molecule has 1 aromatic rings. The summed E-state index contributed by atoms with van der Waals surface area (Å²) in [6, 6.07) is 1.36. The lowest BCUT2D eigenvalue weighted by Gasteiger charge is -2.03. The second kappa shape index (κ2) is 5.99. The lowest BCUT2D eigenvalue weighted by Crippen LogP contribution is -1.91. The predicted octanol–water partition coefficient (Wildman–Crippen LogP) is 2.82. The molecule has 1 rings (SSSR count). The zero-order chi connectivity index (χ0) is 13.1. The Labute approximate surface area is 109 Å². The van der Waals surface area contributed by atoms with Crippen molar-refractivity contribution >= 4 is 55.2 Å². The zero-order valence-corrected chi connectivity index (χ0v) is 11.2. The molecule has 0 aromatic heterocycles. The molecule has 5 nitrogen and oxygen atoms in total. The van der Waals surface area contributed by atoms with Gasteiger partial charge in [0, 0.05) is 4.47 Å². The van der Waals surface area contributed by atoms with Crippen molar-refractivity contribution in [3.05, 3.63) is 26.4 Å². The number of hydrogen-bond acceptors (Lipinski definition) is 3. The molecule has 16 heavy (non-hydrogen) atoms. The largest absolute Gasteiger partial charge is 0.397 e. The minimum absolute atomic E-state index is 0.0453. The van der Waals surface area contributed by atoms with Gasteiger partial charge in [-0.25, -0.2) is 4.39 Å². The summed E-state index contributed by atoms with van der Waals surface area (Å²) in [5.41, 5.74) is 5.53. The molecule has 0 spiro atoms. The molecule has 4 N–H and O–H groups in total. The van der Waals surface area contributed by atoms with Crippen LogP contribution in [0.1, 0.15) is 0 Å². The van der Waals surface area contributed by atoms with E-state index in [1.807, 2.05) is 0 Å². The summed E-state index contributed by atoms with van der Waals surface area (Å²) in [4.78, 5) is 0. The van der Waals surface area contributed by atoms with Crippen molar-refractivity contribution in [2.45, 2.75) is 0 Å². The summed E-state index contributed by atoms with van der Waals surface area (Å²) in [5.74, 6) is -0.686. The van der Waals surface area contributed by atoms with Crippen molar-refractivity contribution in [3.63, 3.8) is 0 Å². The van der Waals surface area contributed by atoms with Crippen molar-refractivity contribution in [1.29, 1.82) is 0 Å². The molecular formula is C6H5BrCl2FNO4S. The molecule has 0 heterocycles. The number of benzene rings is 1. The summed E-state index contributed by atoms with van der Waals surface area (Å²) in [7, 11) is -4.67. The first-order valence-electron chi connectivity index (χ1n) is 3.32. The van der Waals surface area contributed by atoms with Crippen LogP contribution in [-0.4, -0.2) is 17.5 Å². The van der Waals surface area contributed by atoms with Gasteiger partial charge in [0.05, 0.1) is 10.7 Å². The van der Waals surface area contributed by atoms with Crippen molar-refractivity contribution in [1.82, 2.24) is 0 Å². The Bertz CT molecular complexity index is 462. The number of hydrogen-bond donors (Lipinski definition) is 3. The van der Waals surface area contributed by atoms with E-state index in [4.69, 9.17) is 46.5 Å². The molecule has 0 atom stereocenters. The fourth-order valence-electron chi connectivity index (χ4n) is 0.580. The van der Waals surface area contributed by atoms with Crippen molar-refractivity contribution in [2.24, 2.45) is 0 Å². The fourth-order valence-corrected chi connectivity index (χ4v) is 1.71. The number of anilines is 1. The Morgan fingerprint density at radius 3 is 2.12 bits per heavy atom. The molecule has 0 aliphatic heterocycles. The van der Waals surface area contributed by atoms with Crippen LogP contribution in [0, 0.1) is 5.82 Å². The standard InChI is InChI=1S/C6H3BrCl2FN.H2O4S/c7-2-1-3(8)5(10)4(9)6(2)11;1-5(2,3)4/h1H,11H2;(H2,1,2,3,4). The highest BCUT2D eigenvalue weighted by Gasteiger charge is 2.11. The molecule has 0 bridgehead atoms. The normalized spacial score (nSPS) is 10.6. The lowest BCUT2D eigenvalue weighted by atomic mass is 10.3. The van der Waals surface area contributed by atoms with Gasteiger partial charge >= 0.3 is 10.4 Å². The molecule has 0 saturated carbocycles. The van der Waals surface area contributed by atoms with Gasteiger partial charge in [-0.2, -0.15) is 8.42 Å². The molecule has 10 heteroatoms. The fraction of sp³-hybridized carbons (Fsp3) is 0. The van der Waals surface area contributed by atoms with Crippen LogP contribution in [0.25, 0.3) is 0 Å². The van der Waals surface area contributed by atoms with E-state index in [-0.39, 0.29) is 15.7 Å². The van der Waals surface area contributed by atoms with Gasteiger partial charge in [0.2, 0.25) is 0 Å². The average molecular weight is 357 g/mol. The van der Waals surface area contributed by atoms with Crippen LogP contribution in [0.15, 0.2) is 10.5 Å². The van der Waals surface area contributed by atoms with Gasteiger partial charge in [-0.15, -0.1) is 0 Å². The van der Waals surface area contributed by atoms with E-state index in [1.165, 1.54) is 6.07 Å². The Morgan fingerprint density at radius 1 is 1.38 bits per heavy atom. The Hall–Kier alpha value is -0.120. The van der Waals surface area contributed by atoms with E-state index in [2.05, 4.69) is 15.9 Å². The molecule has 1 aromatic carbocycles. The maximum Gasteiger partial charge on any atom is 0.394 e. The van der Waals surface area contributed by atoms with Crippen molar-refractivity contribution in [2.75, 3.05) is 5.73 Å². The summed E-state index contributed by atoms with van der Waals surface area (Å²) < 4.78 is 44.9. The molecule has 0 fully saturated rings. The minimum atomic E-state index is -4.67. The minimum Gasteiger partial charge on any atom is -0.397 e. The Morgan fingerprint density at radius 2 is 1.75 bits per heavy atom. The molecule has 0 unspecified atom stereocenters. The quantitative estimate of drug-likeness (QED) is 0.287. The third-order valence-electron chi connectivity index (χ3n) is 1.15. The van der Waals surface area contributed by atoms with Gasteiger partial charge in [0.1, 0.15) is 5.02 Å². The molecule has 0 amide bonds. The smallest absolute Gasteiger partial charge is 0.394 e. The molecule has 0 radical (unpaired) electrons. The van der Waals surface area contributed by atoms with Gasteiger partial charge in [0.15, 0.2) is 5.82 Å². The van der Waals surface area contributed by atoms with Crippen LogP contribution in [0.3, 0.4) is 0 Å². The van der Waals surface area contributed by atoms with Crippen LogP contribution in [0.5, 0.6) is 0 Å². The Balaban J connectivity index is 0.000000385. The van der Waals surface area contributed by atoms with Gasteiger partial charge in [0.25, 0.3) is 0 Å². The lowest BCUT2D eigenvalue weighted by molar-refractivity contribution is 0.381. The molecule has 0 aliphatic rings. The van der Waals surface area contributed by atoms with Crippen LogP contribution < -0.4 is 5.73 Å². The first kappa shape index (κ1) is 15.9. The predicted molar refractivity (Wildman–Crippen MR) is 62.7 cm³/mol. The van der Waals surface area contributed by atoms with Gasteiger partial charge in [-0.1, -0.05) is 23.2 Å². The first-order valence-corrected chi connectivity index (χ1v) is 6.27. The topological polar surface area (TPSA) is 101 Å². The highest BCUT2D eigenvalue weighted by atomic mass is 79.9. The van der Waals surface area contributed by atoms with E-state index in [0.717, 1.165) is 0 Å². The van der Waals surface area contributed by atoms with Crippen molar-refractivity contribution < 1.29 is 21.9 Å². The highest BCUT2D eigenvalue weighted by Crippen LogP contribution is 2.34. The van der Waals surface area contributed by atoms with E-state index >= 15 is 0 Å². The number of rotatable bonds is 0. The third kappa shape index (κ3) is 5.83. The summed E-state index contributed by atoms with van der Waals surface area (Å²) in [6.45, 7) is 0. The summed E-state index contributed by atoms with van der Waals surface area (Å²) in [6.07, 6.45) is 0. The molecule has 0 aliphatic carbocycles. The molecule has 92 valence electrons. The second-order valence-corrected chi connectivity index (χ2v) is 4.86. The third-order valence-corrected chi connectivity index (χ3v) is 2.45. The average Bonchev–Trinajstić information content (AvgIpc) is 2.09. The monoisotopic (exact) mass is 355 g/mol. The maximum absolute atomic E-state index is 12.8. The van der Waals surface area contributed by atoms with Crippen LogP contribution >= 0.6 is 39.1 Å². The second-order valence-electron chi connectivity index (χ2n) is 2.33. The summed E-state index contributed by atoms with van der Waals surface area (Å²) >= 11 is 14.0. The van der Waals surface area contributed by atoms with Gasteiger partial charge in [-0.3, -0.25) is 9.11 Å². The van der Waals surface area contributed by atoms with E-state index < -0.39 is 16.2 Å². The number of nitrogen functional groups attached to an aromatic ring is 1. The summed E-state index contributed by atoms with van der Waals surface area (Å²) in [5, 5.41) is -0.194. The van der Waals surface area contributed by atoms with Gasteiger partial charge in [-0.05, 0) is 22.0 Å². The SMILES string of the molecule is Nc1c(Br)cc(Cl)c(F)c1Cl.O=S(=O)(O)O. The zero-order valence-electron chi connectivity index (χ0n) is 7.29. The van der Waals surface area contributed by atoms with Gasteiger partial charge < -0.3 is 5.73 Å². The number of nitrogens with two attached hydrogens (primary N) is 1. The van der Waals surface area contributed by atoms with Crippen LogP contribution in [0.2, 0.25) is 10.0 Å². The maximum atomic E-state index is 12.8. The molecule has 0 saturated heterocycles. The molecular weight excluding hydrogens is 352 g/mol. The van der Waals surface area contributed by atoms with E-state index in [9.17, 15) is 4.39 Å². The highest BCUT2D eigenvalue weighted by molar-refractivity contribution is 9.10. The van der Waals surface area contributed by atoms with Crippen molar-refractivity contribution in [3.8, 4) is 0 Å².